The molecule has 2 aliphatic rings. The number of imide groups is 1. The Bertz CT molecular complexity index is 772. The zero-order valence-electron chi connectivity index (χ0n) is 14.5. The van der Waals surface area contributed by atoms with E-state index < -0.39 is 0 Å². The number of piperazine rings is 1. The summed E-state index contributed by atoms with van der Waals surface area (Å²) in [7, 11) is 0. The quantitative estimate of drug-likeness (QED) is 0.690. The molecule has 4 amide bonds. The van der Waals surface area contributed by atoms with Gasteiger partial charge in [-0.15, -0.1) is 0 Å². The first-order valence-corrected chi connectivity index (χ1v) is 9.43. The van der Waals surface area contributed by atoms with E-state index in [2.05, 4.69) is 15.9 Å². The largest absolute Gasteiger partial charge is 0.339 e. The lowest BCUT2D eigenvalue weighted by Crippen LogP contribution is -2.51. The summed E-state index contributed by atoms with van der Waals surface area (Å²) in [5, 5.41) is 0. The number of carbonyl (C=O) groups is 4. The number of halogens is 1. The number of benzene rings is 1. The molecular weight excluding hydrogens is 402 g/mol. The Kier molecular flexibility index (Phi) is 5.41. The molecule has 1 saturated heterocycles. The highest BCUT2D eigenvalue weighted by Crippen LogP contribution is 2.26. The van der Waals surface area contributed by atoms with Crippen LogP contribution in [-0.2, 0) is 9.59 Å². The van der Waals surface area contributed by atoms with Crippen molar-refractivity contribution >= 4 is 39.6 Å². The van der Waals surface area contributed by atoms with Gasteiger partial charge in [-0.1, -0.05) is 22.9 Å². The van der Waals surface area contributed by atoms with Crippen molar-refractivity contribution in [2.24, 2.45) is 0 Å². The highest BCUT2D eigenvalue weighted by Gasteiger charge is 2.36. The fourth-order valence-corrected chi connectivity index (χ4v) is 3.62. The van der Waals surface area contributed by atoms with Gasteiger partial charge in [0.25, 0.3) is 11.8 Å². The minimum atomic E-state index is -0.363. The minimum Gasteiger partial charge on any atom is -0.339 e. The molecule has 0 aliphatic carbocycles. The van der Waals surface area contributed by atoms with Gasteiger partial charge >= 0.3 is 0 Å². The summed E-state index contributed by atoms with van der Waals surface area (Å²) in [5.74, 6) is -0.734. The molecule has 1 aromatic rings. The predicted molar refractivity (Wildman–Crippen MR) is 97.6 cm³/mol. The molecule has 0 bridgehead atoms. The zero-order valence-corrected chi connectivity index (χ0v) is 16.1. The maximum Gasteiger partial charge on any atom is 0.261 e. The van der Waals surface area contributed by atoms with E-state index in [0.717, 1.165) is 9.37 Å². The third-order valence-electron chi connectivity index (χ3n) is 4.77. The van der Waals surface area contributed by atoms with Crippen LogP contribution in [0.2, 0.25) is 0 Å². The fourth-order valence-electron chi connectivity index (χ4n) is 3.26. The van der Waals surface area contributed by atoms with Crippen molar-refractivity contribution in [3.05, 3.63) is 33.8 Å². The maximum absolute atomic E-state index is 12.4. The normalized spacial score (nSPS) is 16.9. The molecule has 0 spiro atoms. The van der Waals surface area contributed by atoms with Gasteiger partial charge in [-0.2, -0.15) is 0 Å². The highest BCUT2D eigenvalue weighted by molar-refractivity contribution is 9.10. The van der Waals surface area contributed by atoms with Gasteiger partial charge in [0.05, 0.1) is 11.1 Å². The van der Waals surface area contributed by atoms with Gasteiger partial charge in [-0.3, -0.25) is 24.1 Å². The monoisotopic (exact) mass is 421 g/mol. The molecule has 0 N–H and O–H groups in total. The van der Waals surface area contributed by atoms with Gasteiger partial charge in [0.1, 0.15) is 0 Å². The van der Waals surface area contributed by atoms with E-state index >= 15 is 0 Å². The third kappa shape index (κ3) is 3.51. The molecule has 0 aromatic heterocycles. The Balaban J connectivity index is 1.55. The molecule has 0 unspecified atom stereocenters. The summed E-state index contributed by atoms with van der Waals surface area (Å²) in [4.78, 5) is 53.5. The number of hydrogen-bond donors (Lipinski definition) is 0. The molecule has 2 heterocycles. The topological polar surface area (TPSA) is 78.0 Å². The van der Waals surface area contributed by atoms with E-state index in [-0.39, 0.29) is 36.6 Å². The molecule has 0 radical (unpaired) electrons. The first-order valence-electron chi connectivity index (χ1n) is 8.63. The van der Waals surface area contributed by atoms with Crippen molar-refractivity contribution < 1.29 is 19.2 Å². The van der Waals surface area contributed by atoms with Crippen LogP contribution in [0.4, 0.5) is 0 Å². The number of nitrogens with zero attached hydrogens (tertiary/aromatic N) is 3. The molecule has 3 rings (SSSR count). The van der Waals surface area contributed by atoms with Gasteiger partial charge in [-0.05, 0) is 18.2 Å². The molecule has 1 fully saturated rings. The van der Waals surface area contributed by atoms with Gasteiger partial charge < -0.3 is 9.80 Å². The molecule has 138 valence electrons. The Hall–Kier alpha value is -2.22. The molecule has 0 atom stereocenters. The summed E-state index contributed by atoms with van der Waals surface area (Å²) in [5.41, 5.74) is 0.737. The Morgan fingerprint density at radius 1 is 0.962 bits per heavy atom. The van der Waals surface area contributed by atoms with Crippen LogP contribution in [0, 0.1) is 0 Å². The Morgan fingerprint density at radius 3 is 2.15 bits per heavy atom. The van der Waals surface area contributed by atoms with E-state index in [4.69, 9.17) is 0 Å². The first kappa shape index (κ1) is 18.6. The van der Waals surface area contributed by atoms with Crippen molar-refractivity contribution in [3.8, 4) is 0 Å². The molecular formula is C18H20BrN3O4. The number of rotatable bonds is 4. The van der Waals surface area contributed by atoms with Crippen molar-refractivity contribution in [2.45, 2.75) is 19.8 Å². The SMILES string of the molecule is CCC(=O)N1CCN(C(=O)CCN2C(=O)c3ccc(Br)cc3C2=O)CC1. The second-order valence-corrected chi connectivity index (χ2v) is 7.23. The van der Waals surface area contributed by atoms with Crippen LogP contribution in [0.1, 0.15) is 40.5 Å². The molecule has 0 saturated carbocycles. The summed E-state index contributed by atoms with van der Waals surface area (Å²) in [6.45, 7) is 3.91. The lowest BCUT2D eigenvalue weighted by atomic mass is 10.1. The van der Waals surface area contributed by atoms with Crippen molar-refractivity contribution in [1.29, 1.82) is 0 Å². The van der Waals surface area contributed by atoms with Gasteiger partial charge in [0.2, 0.25) is 11.8 Å². The van der Waals surface area contributed by atoms with Crippen LogP contribution in [0.3, 0.4) is 0 Å². The average Bonchev–Trinajstić information content (AvgIpc) is 2.89. The van der Waals surface area contributed by atoms with Gasteiger partial charge in [-0.25, -0.2) is 0 Å². The summed E-state index contributed by atoms with van der Waals surface area (Å²) >= 11 is 3.30. The van der Waals surface area contributed by atoms with Crippen LogP contribution in [-0.4, -0.2) is 71.1 Å². The number of amides is 4. The van der Waals surface area contributed by atoms with E-state index in [9.17, 15) is 19.2 Å². The molecule has 26 heavy (non-hydrogen) atoms. The smallest absolute Gasteiger partial charge is 0.261 e. The summed E-state index contributed by atoms with van der Waals surface area (Å²) in [6, 6.07) is 4.96. The maximum atomic E-state index is 12.4. The van der Waals surface area contributed by atoms with Crippen molar-refractivity contribution in [3.63, 3.8) is 0 Å². The molecule has 2 aliphatic heterocycles. The van der Waals surface area contributed by atoms with E-state index in [1.807, 2.05) is 6.92 Å². The van der Waals surface area contributed by atoms with Gasteiger partial charge in [0, 0.05) is 50.0 Å². The minimum absolute atomic E-state index is 0.0664. The first-order chi connectivity index (χ1) is 12.4. The van der Waals surface area contributed by atoms with E-state index in [1.54, 1.807) is 28.0 Å². The summed E-state index contributed by atoms with van der Waals surface area (Å²) < 4.78 is 0.731. The molecule has 8 heteroatoms. The second kappa shape index (κ2) is 7.57. The standard InChI is InChI=1S/C18H20BrN3O4/c1-2-15(23)20-7-9-21(10-8-20)16(24)5-6-22-17(25)13-4-3-12(19)11-14(13)18(22)26/h3-4,11H,2,5-10H2,1H3. The highest BCUT2D eigenvalue weighted by atomic mass is 79.9. The Labute approximate surface area is 160 Å². The van der Waals surface area contributed by atoms with Crippen LogP contribution in [0.25, 0.3) is 0 Å². The van der Waals surface area contributed by atoms with Crippen LogP contribution < -0.4 is 0 Å². The second-order valence-electron chi connectivity index (χ2n) is 6.32. The summed E-state index contributed by atoms with van der Waals surface area (Å²) in [6.07, 6.45) is 0.554. The predicted octanol–water partition coefficient (Wildman–Crippen LogP) is 1.52. The lowest BCUT2D eigenvalue weighted by molar-refractivity contribution is -0.139. The number of fused-ring (bicyclic) bond motifs is 1. The third-order valence-corrected chi connectivity index (χ3v) is 5.26. The number of carbonyl (C=O) groups excluding carboxylic acids is 4. The van der Waals surface area contributed by atoms with E-state index in [1.165, 1.54) is 0 Å². The van der Waals surface area contributed by atoms with Crippen molar-refractivity contribution in [1.82, 2.24) is 14.7 Å². The average molecular weight is 422 g/mol. The molecule has 7 nitrogen and oxygen atoms in total. The van der Waals surface area contributed by atoms with Crippen LogP contribution in [0.15, 0.2) is 22.7 Å². The lowest BCUT2D eigenvalue weighted by Gasteiger charge is -2.35. The van der Waals surface area contributed by atoms with Crippen molar-refractivity contribution in [2.75, 3.05) is 32.7 Å². The molecule has 1 aromatic carbocycles. The van der Waals surface area contributed by atoms with Crippen LogP contribution in [0.5, 0.6) is 0 Å². The van der Waals surface area contributed by atoms with Crippen LogP contribution >= 0.6 is 15.9 Å². The zero-order chi connectivity index (χ0) is 18.8. The van der Waals surface area contributed by atoms with Gasteiger partial charge in [0.15, 0.2) is 0 Å². The number of hydrogen-bond acceptors (Lipinski definition) is 4. The fraction of sp³-hybridized carbons (Fsp3) is 0.444. The Morgan fingerprint density at radius 2 is 1.54 bits per heavy atom. The van der Waals surface area contributed by atoms with E-state index in [0.29, 0.717) is 43.7 Å².